The van der Waals surface area contributed by atoms with Crippen molar-refractivity contribution < 1.29 is 9.53 Å². The Hall–Kier alpha value is -2.07. The van der Waals surface area contributed by atoms with E-state index in [9.17, 15) is 4.79 Å². The number of fused-ring (bicyclic) bond motifs is 1. The average molecular weight is 367 g/mol. The number of amides is 1. The lowest BCUT2D eigenvalue weighted by Crippen LogP contribution is -2.32. The zero-order valence-electron chi connectivity index (χ0n) is 16.7. The maximum absolute atomic E-state index is 13.2. The van der Waals surface area contributed by atoms with E-state index < -0.39 is 0 Å². The lowest BCUT2D eigenvalue weighted by molar-refractivity contribution is -0.127. The highest BCUT2D eigenvalue weighted by molar-refractivity contribution is 5.99. The number of benzene rings is 1. The van der Waals surface area contributed by atoms with E-state index in [0.29, 0.717) is 6.61 Å². The number of carbonyl (C=O) groups excluding carboxylic acids is 1. The quantitative estimate of drug-likeness (QED) is 0.728. The van der Waals surface area contributed by atoms with Gasteiger partial charge in [0.05, 0.1) is 12.1 Å². The van der Waals surface area contributed by atoms with Crippen LogP contribution in [0.2, 0.25) is 0 Å². The van der Waals surface area contributed by atoms with Crippen molar-refractivity contribution in [2.45, 2.75) is 65.0 Å². The largest absolute Gasteiger partial charge is 0.379 e. The first-order chi connectivity index (χ1) is 13.1. The number of aromatic nitrogens is 1. The summed E-state index contributed by atoms with van der Waals surface area (Å²) < 4.78 is 5.72. The molecule has 0 saturated heterocycles. The number of hydrogen-bond donors (Lipinski definition) is 1. The standard InChI is InChI=1S/C23H30N2O2/c1-15(2)27-14-8-13-25-22(17-9-4-5-10-18(17)23(25)26)21-16(3)24-20-12-7-6-11-19(20)21/h6-7,11-12,15,22,24H,4-5,8-10,13-14H2,1-3H3. The van der Waals surface area contributed by atoms with Crippen LogP contribution in [0, 0.1) is 6.92 Å². The minimum atomic E-state index is 0.0861. The molecule has 2 heterocycles. The van der Waals surface area contributed by atoms with Gasteiger partial charge in [0.15, 0.2) is 0 Å². The van der Waals surface area contributed by atoms with Gasteiger partial charge in [-0.1, -0.05) is 18.2 Å². The van der Waals surface area contributed by atoms with Crippen molar-refractivity contribution >= 4 is 16.8 Å². The van der Waals surface area contributed by atoms with Crippen molar-refractivity contribution in [1.82, 2.24) is 9.88 Å². The molecule has 1 aromatic carbocycles. The number of carbonyl (C=O) groups is 1. The summed E-state index contributed by atoms with van der Waals surface area (Å²) in [6, 6.07) is 8.55. The van der Waals surface area contributed by atoms with Crippen molar-refractivity contribution in [3.63, 3.8) is 0 Å². The summed E-state index contributed by atoms with van der Waals surface area (Å²) in [6.45, 7) is 7.70. The lowest BCUT2D eigenvalue weighted by Gasteiger charge is -2.28. The highest BCUT2D eigenvalue weighted by Gasteiger charge is 2.41. The zero-order chi connectivity index (χ0) is 19.0. The van der Waals surface area contributed by atoms with Crippen LogP contribution in [0.5, 0.6) is 0 Å². The Kier molecular flexibility index (Phi) is 5.09. The summed E-state index contributed by atoms with van der Waals surface area (Å²) in [7, 11) is 0. The van der Waals surface area contributed by atoms with Gasteiger partial charge in [-0.2, -0.15) is 0 Å². The van der Waals surface area contributed by atoms with Crippen molar-refractivity contribution in [3.05, 3.63) is 46.7 Å². The van der Waals surface area contributed by atoms with Crippen LogP contribution in [0.3, 0.4) is 0 Å². The second-order valence-electron chi connectivity index (χ2n) is 8.09. The molecule has 1 aromatic heterocycles. The van der Waals surface area contributed by atoms with E-state index >= 15 is 0 Å². The van der Waals surface area contributed by atoms with Crippen LogP contribution >= 0.6 is 0 Å². The third-order valence-corrected chi connectivity index (χ3v) is 5.88. The van der Waals surface area contributed by atoms with Crippen LogP contribution in [0.15, 0.2) is 35.4 Å². The lowest BCUT2D eigenvalue weighted by atomic mass is 9.87. The van der Waals surface area contributed by atoms with E-state index in [4.69, 9.17) is 4.74 Å². The molecular formula is C23H30N2O2. The van der Waals surface area contributed by atoms with E-state index in [0.717, 1.165) is 43.3 Å². The number of aryl methyl sites for hydroxylation is 1. The van der Waals surface area contributed by atoms with E-state index in [1.54, 1.807) is 0 Å². The van der Waals surface area contributed by atoms with Gasteiger partial charge in [-0.05, 0) is 64.5 Å². The highest BCUT2D eigenvalue weighted by Crippen LogP contribution is 2.47. The van der Waals surface area contributed by atoms with Gasteiger partial charge < -0.3 is 14.6 Å². The number of ether oxygens (including phenoxy) is 1. The van der Waals surface area contributed by atoms with Gasteiger partial charge in [-0.3, -0.25) is 4.79 Å². The van der Waals surface area contributed by atoms with Crippen LogP contribution in [0.1, 0.15) is 63.3 Å². The molecule has 4 rings (SSSR count). The second kappa shape index (κ2) is 7.51. The fraction of sp³-hybridized carbons (Fsp3) is 0.522. The molecule has 4 nitrogen and oxygen atoms in total. The minimum absolute atomic E-state index is 0.0861. The Morgan fingerprint density at radius 3 is 2.81 bits per heavy atom. The molecule has 1 amide bonds. The molecule has 0 bridgehead atoms. The number of hydrogen-bond acceptors (Lipinski definition) is 2. The Morgan fingerprint density at radius 1 is 1.22 bits per heavy atom. The molecule has 1 atom stereocenters. The number of nitrogens with zero attached hydrogens (tertiary/aromatic N) is 1. The summed E-state index contributed by atoms with van der Waals surface area (Å²) in [5.74, 6) is 0.254. The summed E-state index contributed by atoms with van der Waals surface area (Å²) in [6.07, 6.45) is 5.41. The molecule has 1 unspecified atom stereocenters. The van der Waals surface area contributed by atoms with Gasteiger partial charge in [0.25, 0.3) is 5.91 Å². The van der Waals surface area contributed by atoms with Crippen molar-refractivity contribution in [1.29, 1.82) is 0 Å². The molecule has 1 aliphatic heterocycles. The normalized spacial score (nSPS) is 20.2. The van der Waals surface area contributed by atoms with E-state index in [1.807, 2.05) is 0 Å². The number of para-hydroxylation sites is 1. The molecule has 0 spiro atoms. The van der Waals surface area contributed by atoms with Crippen molar-refractivity contribution in [2.75, 3.05) is 13.2 Å². The Bertz CT molecular complexity index is 878. The molecular weight excluding hydrogens is 336 g/mol. The predicted molar refractivity (Wildman–Crippen MR) is 109 cm³/mol. The number of nitrogens with one attached hydrogen (secondary N) is 1. The van der Waals surface area contributed by atoms with E-state index in [2.05, 4.69) is 54.9 Å². The van der Waals surface area contributed by atoms with Crippen molar-refractivity contribution in [2.24, 2.45) is 0 Å². The fourth-order valence-corrected chi connectivity index (χ4v) is 4.72. The van der Waals surface area contributed by atoms with Crippen LogP contribution in [-0.4, -0.2) is 35.0 Å². The molecule has 1 N–H and O–H groups in total. The first-order valence-corrected chi connectivity index (χ1v) is 10.3. The molecule has 0 saturated carbocycles. The van der Waals surface area contributed by atoms with Gasteiger partial charge in [0, 0.05) is 40.9 Å². The Balaban J connectivity index is 1.70. The first-order valence-electron chi connectivity index (χ1n) is 10.3. The molecule has 2 aromatic rings. The highest BCUT2D eigenvalue weighted by atomic mass is 16.5. The average Bonchev–Trinajstić information content (AvgIpc) is 3.12. The molecule has 1 aliphatic carbocycles. The topological polar surface area (TPSA) is 45.3 Å². The van der Waals surface area contributed by atoms with Gasteiger partial charge in [-0.15, -0.1) is 0 Å². The minimum Gasteiger partial charge on any atom is -0.379 e. The fourth-order valence-electron chi connectivity index (χ4n) is 4.72. The smallest absolute Gasteiger partial charge is 0.250 e. The molecule has 4 heteroatoms. The SMILES string of the molecule is Cc1[nH]c2ccccc2c1C1C2=C(CCCC2)C(=O)N1CCCOC(C)C. The van der Waals surface area contributed by atoms with E-state index in [-0.39, 0.29) is 18.1 Å². The Morgan fingerprint density at radius 2 is 2.00 bits per heavy atom. The van der Waals surface area contributed by atoms with Gasteiger partial charge in [0.1, 0.15) is 0 Å². The molecule has 0 radical (unpaired) electrons. The van der Waals surface area contributed by atoms with Crippen LogP contribution in [0.4, 0.5) is 0 Å². The molecule has 0 fully saturated rings. The third-order valence-electron chi connectivity index (χ3n) is 5.88. The van der Waals surface area contributed by atoms with Gasteiger partial charge >= 0.3 is 0 Å². The maximum atomic E-state index is 13.2. The Labute approximate surface area is 161 Å². The van der Waals surface area contributed by atoms with Crippen LogP contribution in [0.25, 0.3) is 10.9 Å². The monoisotopic (exact) mass is 366 g/mol. The molecule has 144 valence electrons. The zero-order valence-corrected chi connectivity index (χ0v) is 16.7. The van der Waals surface area contributed by atoms with Gasteiger partial charge in [0.2, 0.25) is 0 Å². The summed E-state index contributed by atoms with van der Waals surface area (Å²) in [5.41, 5.74) is 6.07. The second-order valence-corrected chi connectivity index (χ2v) is 8.09. The maximum Gasteiger partial charge on any atom is 0.250 e. The number of rotatable bonds is 6. The van der Waals surface area contributed by atoms with Gasteiger partial charge in [-0.25, -0.2) is 0 Å². The number of H-pyrrole nitrogens is 1. The number of aromatic amines is 1. The molecule has 2 aliphatic rings. The third kappa shape index (κ3) is 3.31. The first kappa shape index (κ1) is 18.3. The summed E-state index contributed by atoms with van der Waals surface area (Å²) in [5, 5.41) is 1.25. The summed E-state index contributed by atoms with van der Waals surface area (Å²) in [4.78, 5) is 18.9. The predicted octanol–water partition coefficient (Wildman–Crippen LogP) is 5.05. The van der Waals surface area contributed by atoms with Crippen LogP contribution in [-0.2, 0) is 9.53 Å². The van der Waals surface area contributed by atoms with Crippen molar-refractivity contribution in [3.8, 4) is 0 Å². The molecule has 27 heavy (non-hydrogen) atoms. The van der Waals surface area contributed by atoms with Crippen LogP contribution < -0.4 is 0 Å². The van der Waals surface area contributed by atoms with E-state index in [1.165, 1.54) is 28.6 Å². The summed E-state index contributed by atoms with van der Waals surface area (Å²) >= 11 is 0.